The molecule has 3 aliphatic rings. The number of carbonyl (C=O) groups excluding carboxylic acids is 3. The van der Waals surface area contributed by atoms with Gasteiger partial charge in [-0.05, 0) is 68.4 Å². The van der Waals surface area contributed by atoms with Crippen LogP contribution in [0.3, 0.4) is 0 Å². The molecule has 7 nitrogen and oxygen atoms in total. The van der Waals surface area contributed by atoms with Crippen LogP contribution in [0, 0.1) is 5.92 Å². The van der Waals surface area contributed by atoms with Crippen molar-refractivity contribution in [2.45, 2.75) is 70.5 Å². The molecule has 0 spiro atoms. The number of imide groups is 1. The quantitative estimate of drug-likeness (QED) is 0.416. The Bertz CT molecular complexity index is 819. The van der Waals surface area contributed by atoms with Crippen LogP contribution in [0.4, 0.5) is 0 Å². The Balaban J connectivity index is 1.19. The Kier molecular flexibility index (Phi) is 7.35. The topological polar surface area (TPSA) is 90.5 Å². The molecule has 3 heterocycles. The lowest BCUT2D eigenvalue weighted by molar-refractivity contribution is -0.136. The van der Waals surface area contributed by atoms with Gasteiger partial charge in [-0.2, -0.15) is 0 Å². The van der Waals surface area contributed by atoms with Crippen LogP contribution in [0.25, 0.3) is 0 Å². The highest BCUT2D eigenvalue weighted by Crippen LogP contribution is 2.28. The van der Waals surface area contributed by atoms with Gasteiger partial charge in [0.2, 0.25) is 11.8 Å². The molecule has 3 amide bonds. The number of amides is 3. The minimum atomic E-state index is -0.552. The van der Waals surface area contributed by atoms with Gasteiger partial charge in [0.05, 0.1) is 0 Å². The van der Waals surface area contributed by atoms with Crippen molar-refractivity contribution < 1.29 is 14.4 Å². The van der Waals surface area contributed by atoms with Crippen molar-refractivity contribution in [1.82, 2.24) is 20.9 Å². The number of unbranched alkanes of at least 4 members (excludes halogenated alkanes) is 2. The molecule has 3 aliphatic heterocycles. The molecule has 3 N–H and O–H groups in total. The molecule has 0 aromatic heterocycles. The van der Waals surface area contributed by atoms with Crippen molar-refractivity contribution in [3.63, 3.8) is 0 Å². The van der Waals surface area contributed by atoms with E-state index in [2.05, 4.69) is 22.0 Å². The summed E-state index contributed by atoms with van der Waals surface area (Å²) in [6.07, 6.45) is 8.46. The van der Waals surface area contributed by atoms with Gasteiger partial charge in [-0.1, -0.05) is 31.4 Å². The molecule has 0 saturated carbocycles. The fraction of sp³-hybridized carbons (Fsp3) is 0.625. The minimum absolute atomic E-state index is 0.107. The highest BCUT2D eigenvalue weighted by atomic mass is 16.2. The summed E-state index contributed by atoms with van der Waals surface area (Å²) in [7, 11) is 0. The first-order chi connectivity index (χ1) is 15.1. The van der Waals surface area contributed by atoms with E-state index in [1.165, 1.54) is 51.6 Å². The number of rotatable bonds is 9. The molecular formula is C24H34N4O3. The van der Waals surface area contributed by atoms with Gasteiger partial charge in [0.25, 0.3) is 5.91 Å². The van der Waals surface area contributed by atoms with Gasteiger partial charge in [-0.3, -0.25) is 19.7 Å². The normalized spacial score (nSPS) is 22.0. The molecular weight excluding hydrogens is 392 g/mol. The fourth-order valence-electron chi connectivity index (χ4n) is 4.97. The molecule has 168 valence electrons. The molecule has 0 radical (unpaired) electrons. The summed E-state index contributed by atoms with van der Waals surface area (Å²) in [5.41, 5.74) is 2.73. The Labute approximate surface area is 184 Å². The number of hydrogen-bond donors (Lipinski definition) is 3. The second-order valence-electron chi connectivity index (χ2n) is 9.11. The standard InChI is InChI=1S/C24H34N4O3/c29-22-8-7-21(23(30)27-22)28-16-19-6-5-18(14-20(19)24(28)31)15-26-11-3-1-2-4-17-9-12-25-13-10-17/h5-6,14,17,21,25-26H,1-4,7-13,15-16H2,(H,27,29,30). The summed E-state index contributed by atoms with van der Waals surface area (Å²) in [5, 5.41) is 9.27. The highest BCUT2D eigenvalue weighted by molar-refractivity contribution is 6.05. The lowest BCUT2D eigenvalue weighted by Crippen LogP contribution is -2.52. The monoisotopic (exact) mass is 426 g/mol. The molecule has 2 saturated heterocycles. The van der Waals surface area contributed by atoms with Gasteiger partial charge in [0, 0.05) is 25.1 Å². The van der Waals surface area contributed by atoms with Crippen molar-refractivity contribution in [2.24, 2.45) is 5.92 Å². The van der Waals surface area contributed by atoms with Gasteiger partial charge in [0.1, 0.15) is 6.04 Å². The van der Waals surface area contributed by atoms with Gasteiger partial charge in [-0.25, -0.2) is 0 Å². The highest BCUT2D eigenvalue weighted by Gasteiger charge is 2.39. The summed E-state index contributed by atoms with van der Waals surface area (Å²) in [4.78, 5) is 38.0. The van der Waals surface area contributed by atoms with Crippen molar-refractivity contribution in [1.29, 1.82) is 0 Å². The van der Waals surface area contributed by atoms with E-state index in [4.69, 9.17) is 0 Å². The third kappa shape index (κ3) is 5.52. The molecule has 2 fully saturated rings. The van der Waals surface area contributed by atoms with Gasteiger partial charge >= 0.3 is 0 Å². The summed E-state index contributed by atoms with van der Waals surface area (Å²) >= 11 is 0. The molecule has 7 heteroatoms. The van der Waals surface area contributed by atoms with Crippen LogP contribution in [0.1, 0.15) is 72.9 Å². The number of nitrogens with one attached hydrogen (secondary N) is 3. The maximum Gasteiger partial charge on any atom is 0.255 e. The minimum Gasteiger partial charge on any atom is -0.322 e. The van der Waals surface area contributed by atoms with Crippen molar-refractivity contribution in [3.8, 4) is 0 Å². The van der Waals surface area contributed by atoms with E-state index in [0.29, 0.717) is 18.5 Å². The molecule has 0 aliphatic carbocycles. The van der Waals surface area contributed by atoms with E-state index in [0.717, 1.165) is 30.1 Å². The Morgan fingerprint density at radius 2 is 1.87 bits per heavy atom. The van der Waals surface area contributed by atoms with Crippen LogP contribution in [-0.4, -0.2) is 48.3 Å². The third-order valence-corrected chi connectivity index (χ3v) is 6.85. The third-order valence-electron chi connectivity index (χ3n) is 6.85. The second-order valence-corrected chi connectivity index (χ2v) is 9.11. The number of piperidine rings is 2. The van der Waals surface area contributed by atoms with Crippen LogP contribution in [0.2, 0.25) is 0 Å². The lowest BCUT2D eigenvalue weighted by Gasteiger charge is -2.29. The molecule has 1 aromatic rings. The maximum absolute atomic E-state index is 12.9. The van der Waals surface area contributed by atoms with E-state index < -0.39 is 6.04 Å². The fourth-order valence-corrected chi connectivity index (χ4v) is 4.97. The van der Waals surface area contributed by atoms with Crippen LogP contribution < -0.4 is 16.0 Å². The van der Waals surface area contributed by atoms with Gasteiger partial charge in [-0.15, -0.1) is 0 Å². The summed E-state index contributed by atoms with van der Waals surface area (Å²) in [6, 6.07) is 5.46. The first-order valence-electron chi connectivity index (χ1n) is 11.8. The Morgan fingerprint density at radius 3 is 2.68 bits per heavy atom. The number of nitrogens with zero attached hydrogens (tertiary/aromatic N) is 1. The van der Waals surface area contributed by atoms with Crippen molar-refractivity contribution in [3.05, 3.63) is 34.9 Å². The number of hydrogen-bond acceptors (Lipinski definition) is 5. The average molecular weight is 427 g/mol. The zero-order valence-electron chi connectivity index (χ0n) is 18.3. The molecule has 0 bridgehead atoms. The van der Waals surface area contributed by atoms with E-state index in [-0.39, 0.29) is 24.1 Å². The smallest absolute Gasteiger partial charge is 0.255 e. The zero-order chi connectivity index (χ0) is 21.6. The van der Waals surface area contributed by atoms with Gasteiger partial charge < -0.3 is 15.5 Å². The van der Waals surface area contributed by atoms with Crippen LogP contribution in [0.5, 0.6) is 0 Å². The van der Waals surface area contributed by atoms with E-state index in [1.54, 1.807) is 4.90 Å². The predicted molar refractivity (Wildman–Crippen MR) is 118 cm³/mol. The van der Waals surface area contributed by atoms with Crippen LogP contribution in [0.15, 0.2) is 18.2 Å². The van der Waals surface area contributed by atoms with Crippen molar-refractivity contribution in [2.75, 3.05) is 19.6 Å². The number of benzene rings is 1. The molecule has 4 rings (SSSR count). The second kappa shape index (κ2) is 10.4. The average Bonchev–Trinajstić information content (AvgIpc) is 3.09. The first kappa shape index (κ1) is 22.0. The molecule has 31 heavy (non-hydrogen) atoms. The zero-order valence-corrected chi connectivity index (χ0v) is 18.3. The Hall–Kier alpha value is -2.25. The summed E-state index contributed by atoms with van der Waals surface area (Å²) < 4.78 is 0. The van der Waals surface area contributed by atoms with E-state index >= 15 is 0 Å². The summed E-state index contributed by atoms with van der Waals surface area (Å²) in [6.45, 7) is 4.53. The maximum atomic E-state index is 12.9. The lowest BCUT2D eigenvalue weighted by atomic mass is 9.92. The van der Waals surface area contributed by atoms with E-state index in [1.807, 2.05) is 12.1 Å². The number of fused-ring (bicyclic) bond motifs is 1. The van der Waals surface area contributed by atoms with Crippen molar-refractivity contribution >= 4 is 17.7 Å². The Morgan fingerprint density at radius 1 is 1.03 bits per heavy atom. The summed E-state index contributed by atoms with van der Waals surface area (Å²) in [5.74, 6) is 0.187. The van der Waals surface area contributed by atoms with Crippen LogP contribution >= 0.6 is 0 Å². The molecule has 1 aromatic carbocycles. The largest absolute Gasteiger partial charge is 0.322 e. The van der Waals surface area contributed by atoms with Crippen LogP contribution in [-0.2, 0) is 22.7 Å². The van der Waals surface area contributed by atoms with Gasteiger partial charge in [0.15, 0.2) is 0 Å². The molecule has 1 atom stereocenters. The molecule has 1 unspecified atom stereocenters. The SMILES string of the molecule is O=C1CCC(N2Cc3ccc(CNCCCCCC4CCNCC4)cc3C2=O)C(=O)N1. The van der Waals surface area contributed by atoms with E-state index in [9.17, 15) is 14.4 Å². The predicted octanol–water partition coefficient (Wildman–Crippen LogP) is 2.10. The number of carbonyl (C=O) groups is 3. The first-order valence-corrected chi connectivity index (χ1v) is 11.8.